The van der Waals surface area contributed by atoms with E-state index in [1.54, 1.807) is 43.3 Å². The molecular formula is C16H19ClN4O3. The predicted molar refractivity (Wildman–Crippen MR) is 93.3 cm³/mol. The van der Waals surface area contributed by atoms with Gasteiger partial charge in [0.25, 0.3) is 5.56 Å². The molecule has 2 rings (SSSR count). The number of anilines is 1. The van der Waals surface area contributed by atoms with Crippen LogP contribution in [-0.4, -0.2) is 33.5 Å². The number of benzene rings is 1. The molecule has 1 amide bonds. The molecule has 0 bridgehead atoms. The zero-order chi connectivity index (χ0) is 17.9. The van der Waals surface area contributed by atoms with Crippen LogP contribution in [0.25, 0.3) is 0 Å². The third kappa shape index (κ3) is 4.12. The molecule has 0 spiro atoms. The van der Waals surface area contributed by atoms with Crippen LogP contribution in [0, 0.1) is 0 Å². The topological polar surface area (TPSA) is 76.3 Å². The number of hydrogen-bond donors (Lipinski definition) is 1. The van der Waals surface area contributed by atoms with E-state index >= 15 is 0 Å². The fraction of sp³-hybridized carbons (Fsp3) is 0.312. The highest BCUT2D eigenvalue weighted by molar-refractivity contribution is 6.33. The fourth-order valence-electron chi connectivity index (χ4n) is 2.26. The predicted octanol–water partition coefficient (Wildman–Crippen LogP) is 0.808. The van der Waals surface area contributed by atoms with E-state index in [0.29, 0.717) is 16.4 Å². The van der Waals surface area contributed by atoms with Crippen molar-refractivity contribution in [1.82, 2.24) is 14.0 Å². The zero-order valence-electron chi connectivity index (χ0n) is 13.7. The maximum atomic E-state index is 12.1. The van der Waals surface area contributed by atoms with Crippen LogP contribution in [0.4, 0.5) is 5.69 Å². The molecule has 0 aliphatic rings. The average Bonchev–Trinajstić information content (AvgIpc) is 2.52. The second kappa shape index (κ2) is 7.46. The summed E-state index contributed by atoms with van der Waals surface area (Å²) in [6, 6.07) is 8.35. The Balaban J connectivity index is 2.05. The summed E-state index contributed by atoms with van der Waals surface area (Å²) in [5.74, 6) is -0.237. The molecule has 0 atom stereocenters. The Labute approximate surface area is 144 Å². The standard InChI is InChI=1S/C16H19ClN4O3/c1-19(9-11-8-15(23)21(3)16(24)20(11)2)10-14(22)18-13-7-5-4-6-12(13)17/h4-8H,9-10H2,1-3H3,(H,18,22). The first-order valence-corrected chi connectivity index (χ1v) is 7.66. The Hall–Kier alpha value is -2.38. The van der Waals surface area contributed by atoms with Gasteiger partial charge in [-0.3, -0.25) is 23.6 Å². The summed E-state index contributed by atoms with van der Waals surface area (Å²) < 4.78 is 2.43. The van der Waals surface area contributed by atoms with Gasteiger partial charge in [-0.25, -0.2) is 4.79 Å². The average molecular weight is 351 g/mol. The highest BCUT2D eigenvalue weighted by atomic mass is 35.5. The third-order valence-electron chi connectivity index (χ3n) is 3.62. The second-order valence-corrected chi connectivity index (χ2v) is 5.98. The van der Waals surface area contributed by atoms with Gasteiger partial charge < -0.3 is 5.32 Å². The van der Waals surface area contributed by atoms with Crippen molar-refractivity contribution in [1.29, 1.82) is 0 Å². The van der Waals surface area contributed by atoms with Gasteiger partial charge in [0.15, 0.2) is 0 Å². The van der Waals surface area contributed by atoms with E-state index in [0.717, 1.165) is 4.57 Å². The first-order valence-electron chi connectivity index (χ1n) is 7.28. The number of likely N-dealkylation sites (N-methyl/N-ethyl adjacent to an activating group) is 1. The highest BCUT2D eigenvalue weighted by Gasteiger charge is 2.12. The van der Waals surface area contributed by atoms with E-state index < -0.39 is 5.69 Å². The maximum Gasteiger partial charge on any atom is 0.330 e. The number of carbonyl (C=O) groups excluding carboxylic acids is 1. The van der Waals surface area contributed by atoms with Crippen molar-refractivity contribution in [2.75, 3.05) is 18.9 Å². The van der Waals surface area contributed by atoms with Crippen molar-refractivity contribution in [3.63, 3.8) is 0 Å². The Bertz CT molecular complexity index is 872. The Morgan fingerprint density at radius 1 is 1.21 bits per heavy atom. The second-order valence-electron chi connectivity index (χ2n) is 5.57. The number of aromatic nitrogens is 2. The first-order chi connectivity index (χ1) is 11.3. The highest BCUT2D eigenvalue weighted by Crippen LogP contribution is 2.20. The summed E-state index contributed by atoms with van der Waals surface area (Å²) in [7, 11) is 4.75. The van der Waals surface area contributed by atoms with E-state index in [9.17, 15) is 14.4 Å². The minimum atomic E-state index is -0.397. The van der Waals surface area contributed by atoms with Crippen molar-refractivity contribution < 1.29 is 4.79 Å². The molecule has 8 heteroatoms. The van der Waals surface area contributed by atoms with Gasteiger partial charge in [0, 0.05) is 32.4 Å². The van der Waals surface area contributed by atoms with Crippen molar-refractivity contribution in [3.8, 4) is 0 Å². The van der Waals surface area contributed by atoms with Gasteiger partial charge in [0.05, 0.1) is 17.3 Å². The van der Waals surface area contributed by atoms with E-state index in [2.05, 4.69) is 5.32 Å². The molecule has 1 aromatic carbocycles. The number of hydrogen-bond acceptors (Lipinski definition) is 4. The van der Waals surface area contributed by atoms with E-state index in [1.807, 2.05) is 0 Å². The Kier molecular flexibility index (Phi) is 5.58. The van der Waals surface area contributed by atoms with Gasteiger partial charge in [-0.2, -0.15) is 0 Å². The van der Waals surface area contributed by atoms with Crippen molar-refractivity contribution in [3.05, 3.63) is 61.9 Å². The smallest absolute Gasteiger partial charge is 0.324 e. The summed E-state index contributed by atoms with van der Waals surface area (Å²) in [6.45, 7) is 0.381. The fourth-order valence-corrected chi connectivity index (χ4v) is 2.44. The SMILES string of the molecule is CN(CC(=O)Nc1ccccc1Cl)Cc1cc(=O)n(C)c(=O)n1C. The summed E-state index contributed by atoms with van der Waals surface area (Å²) >= 11 is 6.00. The van der Waals surface area contributed by atoms with Gasteiger partial charge in [0.1, 0.15) is 0 Å². The molecule has 24 heavy (non-hydrogen) atoms. The van der Waals surface area contributed by atoms with Gasteiger partial charge >= 0.3 is 5.69 Å². The molecule has 0 aliphatic heterocycles. The van der Waals surface area contributed by atoms with Crippen molar-refractivity contribution >= 4 is 23.2 Å². The van der Waals surface area contributed by atoms with Crippen LogP contribution in [0.15, 0.2) is 39.9 Å². The molecule has 2 aromatic rings. The Morgan fingerprint density at radius 3 is 2.54 bits per heavy atom. The summed E-state index contributed by atoms with van der Waals surface area (Å²) in [4.78, 5) is 37.4. The van der Waals surface area contributed by atoms with E-state index in [1.165, 1.54) is 17.7 Å². The van der Waals surface area contributed by atoms with Gasteiger partial charge in [-0.05, 0) is 19.2 Å². The monoisotopic (exact) mass is 350 g/mol. The number of nitrogens with zero attached hydrogens (tertiary/aromatic N) is 3. The molecule has 128 valence electrons. The number of halogens is 1. The molecule has 1 aromatic heterocycles. The number of carbonyl (C=O) groups is 1. The lowest BCUT2D eigenvalue weighted by Crippen LogP contribution is -2.40. The van der Waals surface area contributed by atoms with E-state index in [4.69, 9.17) is 11.6 Å². The molecule has 0 fully saturated rings. The van der Waals surface area contributed by atoms with E-state index in [-0.39, 0.29) is 24.6 Å². The lowest BCUT2D eigenvalue weighted by atomic mass is 10.3. The minimum absolute atomic E-state index is 0.0919. The summed E-state index contributed by atoms with van der Waals surface area (Å²) in [5.41, 5.74) is 0.308. The molecule has 7 nitrogen and oxygen atoms in total. The van der Waals surface area contributed by atoms with Gasteiger partial charge in [-0.15, -0.1) is 0 Å². The van der Waals surface area contributed by atoms with Crippen LogP contribution in [0.1, 0.15) is 5.69 Å². The van der Waals surface area contributed by atoms with Crippen LogP contribution in [0.5, 0.6) is 0 Å². The zero-order valence-corrected chi connectivity index (χ0v) is 14.5. The third-order valence-corrected chi connectivity index (χ3v) is 3.95. The number of rotatable bonds is 5. The molecule has 0 aliphatic carbocycles. The number of nitrogens with one attached hydrogen (secondary N) is 1. The molecule has 0 unspecified atom stereocenters. The molecule has 1 heterocycles. The number of para-hydroxylation sites is 1. The molecule has 0 saturated heterocycles. The largest absolute Gasteiger partial charge is 0.330 e. The van der Waals surface area contributed by atoms with Gasteiger partial charge in [-0.1, -0.05) is 23.7 Å². The maximum absolute atomic E-state index is 12.1. The lowest BCUT2D eigenvalue weighted by molar-refractivity contribution is -0.117. The molecule has 0 radical (unpaired) electrons. The first kappa shape index (κ1) is 18.0. The number of amides is 1. The van der Waals surface area contributed by atoms with Crippen molar-refractivity contribution in [2.24, 2.45) is 14.1 Å². The minimum Gasteiger partial charge on any atom is -0.324 e. The normalized spacial score (nSPS) is 10.9. The molecular weight excluding hydrogens is 332 g/mol. The van der Waals surface area contributed by atoms with Crippen LogP contribution in [-0.2, 0) is 25.4 Å². The van der Waals surface area contributed by atoms with Crippen LogP contribution in [0.3, 0.4) is 0 Å². The summed E-state index contributed by atoms with van der Waals surface area (Å²) in [6.07, 6.45) is 0. The van der Waals surface area contributed by atoms with Crippen LogP contribution in [0.2, 0.25) is 5.02 Å². The van der Waals surface area contributed by atoms with Crippen LogP contribution >= 0.6 is 11.6 Å². The lowest BCUT2D eigenvalue weighted by Gasteiger charge is -2.18. The summed E-state index contributed by atoms with van der Waals surface area (Å²) in [5, 5.41) is 3.19. The molecule has 1 N–H and O–H groups in total. The van der Waals surface area contributed by atoms with Crippen LogP contribution < -0.4 is 16.6 Å². The van der Waals surface area contributed by atoms with Crippen molar-refractivity contribution in [2.45, 2.75) is 6.54 Å². The Morgan fingerprint density at radius 2 is 1.88 bits per heavy atom. The quantitative estimate of drug-likeness (QED) is 0.865. The van der Waals surface area contributed by atoms with Gasteiger partial charge in [0.2, 0.25) is 5.91 Å². The molecule has 0 saturated carbocycles.